The van der Waals surface area contributed by atoms with Crippen molar-refractivity contribution < 1.29 is 0 Å². The minimum Gasteiger partial charge on any atom is -0.198 e. The van der Waals surface area contributed by atoms with E-state index in [1.165, 1.54) is 0 Å². The molecular formula is C10H19N. The van der Waals surface area contributed by atoms with Crippen molar-refractivity contribution in [2.45, 2.75) is 47.5 Å². The Labute approximate surface area is 70.4 Å². The topological polar surface area (TPSA) is 23.8 Å². The zero-order valence-corrected chi connectivity index (χ0v) is 8.36. The highest BCUT2D eigenvalue weighted by Gasteiger charge is 2.20. The van der Waals surface area contributed by atoms with Gasteiger partial charge in [0.05, 0.1) is 11.5 Å². The van der Waals surface area contributed by atoms with Gasteiger partial charge in [-0.2, -0.15) is 5.26 Å². The zero-order chi connectivity index (χ0) is 9.12. The Hall–Kier alpha value is -0.510. The fourth-order valence-electron chi connectivity index (χ4n) is 0.743. The molecule has 0 saturated heterocycles. The Morgan fingerprint density at radius 2 is 1.45 bits per heavy atom. The third-order valence-electron chi connectivity index (χ3n) is 1.80. The smallest absolute Gasteiger partial charge is 0.0683 e. The van der Waals surface area contributed by atoms with Crippen molar-refractivity contribution >= 4 is 0 Å². The molecule has 0 aromatic carbocycles. The number of nitrogens with zero attached hydrogens (tertiary/aromatic N) is 1. The summed E-state index contributed by atoms with van der Waals surface area (Å²) in [6, 6.07) is 2.31. The average Bonchev–Trinajstić information content (AvgIpc) is 1.83. The third-order valence-corrected chi connectivity index (χ3v) is 1.80. The molecule has 0 aliphatic rings. The standard InChI is InChI=1S/C10H19N/c1-9(2,3)6-7-10(4,5)8-11/h6-7H2,1-5H3. The lowest BCUT2D eigenvalue weighted by atomic mass is 9.81. The van der Waals surface area contributed by atoms with Crippen molar-refractivity contribution in [1.29, 1.82) is 5.26 Å². The maximum Gasteiger partial charge on any atom is 0.0683 e. The molecule has 0 amide bonds. The summed E-state index contributed by atoms with van der Waals surface area (Å²) < 4.78 is 0. The van der Waals surface area contributed by atoms with Crippen LogP contribution in [0.25, 0.3) is 0 Å². The first-order valence-electron chi connectivity index (χ1n) is 4.18. The van der Waals surface area contributed by atoms with Crippen molar-refractivity contribution in [3.8, 4) is 6.07 Å². The number of hydrogen-bond donors (Lipinski definition) is 0. The van der Waals surface area contributed by atoms with Gasteiger partial charge in [-0.1, -0.05) is 20.8 Å². The molecule has 64 valence electrons. The van der Waals surface area contributed by atoms with Gasteiger partial charge in [0.1, 0.15) is 0 Å². The first-order valence-corrected chi connectivity index (χ1v) is 4.18. The molecule has 11 heavy (non-hydrogen) atoms. The van der Waals surface area contributed by atoms with Crippen LogP contribution in [0, 0.1) is 22.2 Å². The maximum absolute atomic E-state index is 8.74. The number of hydrogen-bond acceptors (Lipinski definition) is 1. The average molecular weight is 153 g/mol. The summed E-state index contributed by atoms with van der Waals surface area (Å²) in [6.45, 7) is 10.6. The summed E-state index contributed by atoms with van der Waals surface area (Å²) in [5.74, 6) is 0. The maximum atomic E-state index is 8.74. The quantitative estimate of drug-likeness (QED) is 0.596. The lowest BCUT2D eigenvalue weighted by Gasteiger charge is -2.23. The minimum atomic E-state index is -0.146. The van der Waals surface area contributed by atoms with Crippen LogP contribution in [-0.2, 0) is 0 Å². The van der Waals surface area contributed by atoms with Crippen LogP contribution in [0.5, 0.6) is 0 Å². The van der Waals surface area contributed by atoms with E-state index in [-0.39, 0.29) is 5.41 Å². The van der Waals surface area contributed by atoms with Gasteiger partial charge in [0.15, 0.2) is 0 Å². The Kier molecular flexibility index (Phi) is 3.11. The van der Waals surface area contributed by atoms with Gasteiger partial charge in [0.25, 0.3) is 0 Å². The van der Waals surface area contributed by atoms with Crippen molar-refractivity contribution in [3.63, 3.8) is 0 Å². The first kappa shape index (κ1) is 10.5. The lowest BCUT2D eigenvalue weighted by Crippen LogP contribution is -2.13. The van der Waals surface area contributed by atoms with Crippen molar-refractivity contribution in [2.75, 3.05) is 0 Å². The molecule has 0 bridgehead atoms. The van der Waals surface area contributed by atoms with Crippen molar-refractivity contribution in [3.05, 3.63) is 0 Å². The van der Waals surface area contributed by atoms with Gasteiger partial charge in [-0.3, -0.25) is 0 Å². The van der Waals surface area contributed by atoms with Crippen LogP contribution in [-0.4, -0.2) is 0 Å². The highest BCUT2D eigenvalue weighted by molar-refractivity contribution is 4.92. The van der Waals surface area contributed by atoms with E-state index in [9.17, 15) is 0 Å². The molecule has 0 aromatic rings. The molecule has 0 aromatic heterocycles. The summed E-state index contributed by atoms with van der Waals surface area (Å²) in [5.41, 5.74) is 0.210. The molecule has 1 nitrogen and oxygen atoms in total. The van der Waals surface area contributed by atoms with Gasteiger partial charge in [-0.05, 0) is 32.1 Å². The Bertz CT molecular complexity index is 155. The van der Waals surface area contributed by atoms with E-state index in [0.29, 0.717) is 5.41 Å². The summed E-state index contributed by atoms with van der Waals surface area (Å²) in [7, 11) is 0. The van der Waals surface area contributed by atoms with Gasteiger partial charge in [0.2, 0.25) is 0 Å². The first-order chi connectivity index (χ1) is 4.77. The molecule has 0 heterocycles. The van der Waals surface area contributed by atoms with Gasteiger partial charge >= 0.3 is 0 Å². The summed E-state index contributed by atoms with van der Waals surface area (Å²) in [5, 5.41) is 8.74. The van der Waals surface area contributed by atoms with Gasteiger partial charge in [-0.25, -0.2) is 0 Å². The van der Waals surface area contributed by atoms with Crippen LogP contribution in [0.2, 0.25) is 0 Å². The molecule has 0 rings (SSSR count). The van der Waals surface area contributed by atoms with Gasteiger partial charge < -0.3 is 0 Å². The zero-order valence-electron chi connectivity index (χ0n) is 8.36. The van der Waals surface area contributed by atoms with Crippen LogP contribution < -0.4 is 0 Å². The highest BCUT2D eigenvalue weighted by Crippen LogP contribution is 2.29. The van der Waals surface area contributed by atoms with E-state index < -0.39 is 0 Å². The number of rotatable bonds is 2. The molecule has 0 atom stereocenters. The molecule has 0 aliphatic heterocycles. The van der Waals surface area contributed by atoms with Crippen LogP contribution in [0.15, 0.2) is 0 Å². The summed E-state index contributed by atoms with van der Waals surface area (Å²) in [6.07, 6.45) is 2.11. The van der Waals surface area contributed by atoms with E-state index in [1.54, 1.807) is 0 Å². The van der Waals surface area contributed by atoms with E-state index >= 15 is 0 Å². The monoisotopic (exact) mass is 153 g/mol. The second-order valence-electron chi connectivity index (χ2n) is 5.06. The Morgan fingerprint density at radius 1 is 1.00 bits per heavy atom. The van der Waals surface area contributed by atoms with Gasteiger partial charge in [-0.15, -0.1) is 0 Å². The predicted molar refractivity (Wildman–Crippen MR) is 48.1 cm³/mol. The lowest BCUT2D eigenvalue weighted by molar-refractivity contribution is 0.304. The largest absolute Gasteiger partial charge is 0.198 e. The molecule has 0 unspecified atom stereocenters. The van der Waals surface area contributed by atoms with Crippen LogP contribution >= 0.6 is 0 Å². The molecule has 0 aliphatic carbocycles. The fourth-order valence-corrected chi connectivity index (χ4v) is 0.743. The molecule has 0 fully saturated rings. The third kappa shape index (κ3) is 5.91. The van der Waals surface area contributed by atoms with E-state index in [0.717, 1.165) is 12.8 Å². The van der Waals surface area contributed by atoms with Crippen molar-refractivity contribution in [2.24, 2.45) is 10.8 Å². The molecule has 1 heteroatoms. The molecule has 0 radical (unpaired) electrons. The van der Waals surface area contributed by atoms with Crippen LogP contribution in [0.3, 0.4) is 0 Å². The molecular weight excluding hydrogens is 134 g/mol. The van der Waals surface area contributed by atoms with Crippen LogP contribution in [0.1, 0.15) is 47.5 Å². The normalized spacial score (nSPS) is 12.7. The van der Waals surface area contributed by atoms with Crippen LogP contribution in [0.4, 0.5) is 0 Å². The van der Waals surface area contributed by atoms with E-state index in [2.05, 4.69) is 26.8 Å². The highest BCUT2D eigenvalue weighted by atomic mass is 14.3. The molecule has 0 saturated carbocycles. The minimum absolute atomic E-state index is 0.146. The SMILES string of the molecule is CC(C)(C)CCC(C)(C)C#N. The number of nitriles is 1. The second-order valence-corrected chi connectivity index (χ2v) is 5.06. The van der Waals surface area contributed by atoms with E-state index in [1.807, 2.05) is 13.8 Å². The Morgan fingerprint density at radius 3 is 1.73 bits per heavy atom. The fraction of sp³-hybridized carbons (Fsp3) is 0.900. The van der Waals surface area contributed by atoms with E-state index in [4.69, 9.17) is 5.26 Å². The Balaban J connectivity index is 3.83. The molecule has 0 spiro atoms. The second kappa shape index (κ2) is 3.26. The predicted octanol–water partition coefficient (Wildman–Crippen LogP) is 3.36. The molecule has 0 N–H and O–H groups in total. The summed E-state index contributed by atoms with van der Waals surface area (Å²) >= 11 is 0. The van der Waals surface area contributed by atoms with Gasteiger partial charge in [0, 0.05) is 0 Å². The van der Waals surface area contributed by atoms with Crippen molar-refractivity contribution in [1.82, 2.24) is 0 Å². The summed E-state index contributed by atoms with van der Waals surface area (Å²) in [4.78, 5) is 0.